The Bertz CT molecular complexity index is 713. The molecule has 2 aromatic rings. The van der Waals surface area contributed by atoms with Crippen molar-refractivity contribution in [2.75, 3.05) is 30.5 Å². The fourth-order valence-corrected chi connectivity index (χ4v) is 2.58. The molecule has 0 aliphatic carbocycles. The highest BCUT2D eigenvalue weighted by Gasteiger charge is 2.10. The number of aliphatic hydroxyl groups excluding tert-OH is 1. The lowest BCUT2D eigenvalue weighted by atomic mass is 10.1. The molecule has 0 unspecified atom stereocenters. The van der Waals surface area contributed by atoms with Gasteiger partial charge in [-0.3, -0.25) is 0 Å². The van der Waals surface area contributed by atoms with Crippen molar-refractivity contribution < 1.29 is 13.5 Å². The minimum atomic E-state index is -3.00. The lowest BCUT2D eigenvalue weighted by molar-refractivity contribution is 0.283. The minimum absolute atomic E-state index is 0.0735. The van der Waals surface area contributed by atoms with Gasteiger partial charge in [0.25, 0.3) is 0 Å². The first kappa shape index (κ1) is 14.7. The van der Waals surface area contributed by atoms with Crippen molar-refractivity contribution in [3.05, 3.63) is 35.9 Å². The highest BCUT2D eigenvalue weighted by molar-refractivity contribution is 7.90. The van der Waals surface area contributed by atoms with Gasteiger partial charge in [-0.25, -0.2) is 13.4 Å². The second-order valence-corrected chi connectivity index (χ2v) is 7.13. The number of hydrogen-bond acceptors (Lipinski definition) is 5. The molecule has 6 heteroatoms. The van der Waals surface area contributed by atoms with Crippen molar-refractivity contribution in [2.45, 2.75) is 6.61 Å². The van der Waals surface area contributed by atoms with Gasteiger partial charge in [0.05, 0.1) is 17.9 Å². The number of hydrogen-bond donors (Lipinski definition) is 1. The Kier molecular flexibility index (Phi) is 4.25. The van der Waals surface area contributed by atoms with Crippen LogP contribution in [0, 0.1) is 0 Å². The molecule has 1 N–H and O–H groups in total. The van der Waals surface area contributed by atoms with Gasteiger partial charge in [0.15, 0.2) is 0 Å². The first-order valence-electron chi connectivity index (χ1n) is 6.29. The van der Waals surface area contributed by atoms with Crippen LogP contribution < -0.4 is 4.90 Å². The molecule has 0 saturated heterocycles. The minimum Gasteiger partial charge on any atom is -0.392 e. The van der Waals surface area contributed by atoms with E-state index in [1.54, 1.807) is 18.0 Å². The summed E-state index contributed by atoms with van der Waals surface area (Å²) in [5.74, 6) is 0.739. The molecule has 2 rings (SSSR count). The normalized spacial score (nSPS) is 11.8. The van der Waals surface area contributed by atoms with Gasteiger partial charge in [-0.05, 0) is 17.7 Å². The summed E-state index contributed by atoms with van der Waals surface area (Å²) in [5, 5.41) is 10.4. The molecule has 1 aromatic carbocycles. The van der Waals surface area contributed by atoms with Gasteiger partial charge in [-0.15, -0.1) is 0 Å². The van der Waals surface area contributed by atoms with E-state index >= 15 is 0 Å². The molecule has 0 radical (unpaired) electrons. The fourth-order valence-electron chi connectivity index (χ4n) is 1.98. The second-order valence-electron chi connectivity index (χ2n) is 4.87. The third-order valence-corrected chi connectivity index (χ3v) is 4.07. The number of aliphatic hydroxyl groups is 1. The quantitative estimate of drug-likeness (QED) is 0.897. The van der Waals surface area contributed by atoms with Crippen LogP contribution >= 0.6 is 0 Å². The molecule has 0 amide bonds. The fraction of sp³-hybridized carbons (Fsp3) is 0.357. The van der Waals surface area contributed by atoms with Crippen LogP contribution in [-0.4, -0.2) is 44.1 Å². The van der Waals surface area contributed by atoms with E-state index in [0.717, 1.165) is 16.5 Å². The third-order valence-electron chi connectivity index (χ3n) is 3.15. The predicted molar refractivity (Wildman–Crippen MR) is 80.6 cm³/mol. The first-order chi connectivity index (χ1) is 9.40. The predicted octanol–water partition coefficient (Wildman–Crippen LogP) is 1.21. The maximum Gasteiger partial charge on any atom is 0.149 e. The molecular formula is C14H18N2O3S. The number of rotatable bonds is 5. The van der Waals surface area contributed by atoms with Crippen molar-refractivity contribution in [1.29, 1.82) is 0 Å². The largest absolute Gasteiger partial charge is 0.392 e. The van der Waals surface area contributed by atoms with Crippen LogP contribution in [0.5, 0.6) is 0 Å². The summed E-state index contributed by atoms with van der Waals surface area (Å²) in [5.41, 5.74) is 1.58. The standard InChI is InChI=1S/C14H18N2O3S/c1-16(7-8-20(2,18)19)14-9-11(10-17)12-5-3-4-6-13(12)15-14/h3-6,9,17H,7-8,10H2,1-2H3. The summed E-state index contributed by atoms with van der Waals surface area (Å²) in [4.78, 5) is 6.29. The first-order valence-corrected chi connectivity index (χ1v) is 8.35. The number of anilines is 1. The zero-order chi connectivity index (χ0) is 14.8. The molecule has 0 saturated carbocycles. The van der Waals surface area contributed by atoms with Crippen molar-refractivity contribution in [2.24, 2.45) is 0 Å². The van der Waals surface area contributed by atoms with E-state index < -0.39 is 9.84 Å². The Morgan fingerprint density at radius 2 is 2.00 bits per heavy atom. The van der Waals surface area contributed by atoms with E-state index in [1.165, 1.54) is 6.26 Å². The number of benzene rings is 1. The van der Waals surface area contributed by atoms with Crippen LogP contribution in [0.2, 0.25) is 0 Å². The average molecular weight is 294 g/mol. The van der Waals surface area contributed by atoms with Gasteiger partial charge in [-0.2, -0.15) is 0 Å². The molecule has 0 aliphatic rings. The summed E-state index contributed by atoms with van der Waals surface area (Å²) in [6.45, 7) is 0.297. The van der Waals surface area contributed by atoms with Gasteiger partial charge in [-0.1, -0.05) is 18.2 Å². The SMILES string of the molecule is CN(CCS(C)(=O)=O)c1cc(CO)c2ccccc2n1. The van der Waals surface area contributed by atoms with E-state index in [1.807, 2.05) is 24.3 Å². The van der Waals surface area contributed by atoms with Crippen LogP contribution in [0.25, 0.3) is 10.9 Å². The van der Waals surface area contributed by atoms with Gasteiger partial charge in [0.1, 0.15) is 15.7 Å². The van der Waals surface area contributed by atoms with Gasteiger partial charge < -0.3 is 10.0 Å². The van der Waals surface area contributed by atoms with Crippen molar-refractivity contribution >= 4 is 26.6 Å². The zero-order valence-corrected chi connectivity index (χ0v) is 12.4. The van der Waals surface area contributed by atoms with E-state index in [0.29, 0.717) is 12.4 Å². The molecule has 0 atom stereocenters. The number of nitrogens with zero attached hydrogens (tertiary/aromatic N) is 2. The third kappa shape index (κ3) is 3.46. The van der Waals surface area contributed by atoms with Gasteiger partial charge in [0, 0.05) is 25.2 Å². The van der Waals surface area contributed by atoms with E-state index in [9.17, 15) is 13.5 Å². The Balaban J connectivity index is 2.34. The van der Waals surface area contributed by atoms with Crippen LogP contribution in [-0.2, 0) is 16.4 Å². The summed E-state index contributed by atoms with van der Waals surface area (Å²) < 4.78 is 22.4. The van der Waals surface area contributed by atoms with Crippen molar-refractivity contribution in [3.8, 4) is 0 Å². The zero-order valence-electron chi connectivity index (χ0n) is 11.6. The summed E-state index contributed by atoms with van der Waals surface area (Å²) in [6.07, 6.45) is 1.22. The smallest absolute Gasteiger partial charge is 0.149 e. The number of aromatic nitrogens is 1. The molecule has 5 nitrogen and oxygen atoms in total. The molecule has 0 aliphatic heterocycles. The molecule has 1 aromatic heterocycles. The second kappa shape index (κ2) is 5.76. The average Bonchev–Trinajstić information content (AvgIpc) is 2.42. The lowest BCUT2D eigenvalue weighted by Gasteiger charge is -2.19. The van der Waals surface area contributed by atoms with Crippen LogP contribution in [0.3, 0.4) is 0 Å². The van der Waals surface area contributed by atoms with Crippen LogP contribution in [0.1, 0.15) is 5.56 Å². The maximum absolute atomic E-state index is 11.2. The summed E-state index contributed by atoms with van der Waals surface area (Å²) in [7, 11) is -1.21. The van der Waals surface area contributed by atoms with E-state index in [-0.39, 0.29) is 12.4 Å². The highest BCUT2D eigenvalue weighted by atomic mass is 32.2. The molecule has 0 fully saturated rings. The Morgan fingerprint density at radius 3 is 2.65 bits per heavy atom. The lowest BCUT2D eigenvalue weighted by Crippen LogP contribution is -2.25. The van der Waals surface area contributed by atoms with Crippen molar-refractivity contribution in [3.63, 3.8) is 0 Å². The molecule has 20 heavy (non-hydrogen) atoms. The summed E-state index contributed by atoms with van der Waals surface area (Å²) in [6, 6.07) is 9.37. The van der Waals surface area contributed by atoms with Crippen molar-refractivity contribution in [1.82, 2.24) is 4.98 Å². The van der Waals surface area contributed by atoms with E-state index in [2.05, 4.69) is 4.98 Å². The number of sulfone groups is 1. The van der Waals surface area contributed by atoms with Gasteiger partial charge >= 0.3 is 0 Å². The van der Waals surface area contributed by atoms with Crippen LogP contribution in [0.15, 0.2) is 30.3 Å². The Morgan fingerprint density at radius 1 is 1.30 bits per heavy atom. The number of pyridine rings is 1. The Hall–Kier alpha value is -1.66. The molecule has 108 valence electrons. The van der Waals surface area contributed by atoms with Crippen LogP contribution in [0.4, 0.5) is 5.82 Å². The maximum atomic E-state index is 11.2. The molecule has 0 spiro atoms. The van der Waals surface area contributed by atoms with E-state index in [4.69, 9.17) is 0 Å². The molecule has 1 heterocycles. The molecular weight excluding hydrogens is 276 g/mol. The monoisotopic (exact) mass is 294 g/mol. The number of para-hydroxylation sites is 1. The Labute approximate surface area is 118 Å². The highest BCUT2D eigenvalue weighted by Crippen LogP contribution is 2.22. The molecule has 0 bridgehead atoms. The topological polar surface area (TPSA) is 70.5 Å². The number of fused-ring (bicyclic) bond motifs is 1. The van der Waals surface area contributed by atoms with Gasteiger partial charge in [0.2, 0.25) is 0 Å². The summed E-state index contributed by atoms with van der Waals surface area (Å²) >= 11 is 0.